The Bertz CT molecular complexity index is 819. The lowest BCUT2D eigenvalue weighted by Gasteiger charge is -2.32. The van der Waals surface area contributed by atoms with Gasteiger partial charge in [0.05, 0.1) is 4.90 Å². The molecule has 1 atom stereocenters. The standard InChI is InChI=1S/C22H31N3O2S/c1-24(28(26,27)22-10-6-3-7-11-22)18-20(19-8-4-2-5-9-19)12-15-25-16-13-21(23)14-17-25/h2-11,20-21H,12-18,23H2,1H3/t20-/m0/s1. The van der Waals surface area contributed by atoms with E-state index in [9.17, 15) is 8.42 Å². The van der Waals surface area contributed by atoms with Crippen LogP contribution in [0.2, 0.25) is 0 Å². The van der Waals surface area contributed by atoms with Gasteiger partial charge in [-0.05, 0) is 62.5 Å². The molecule has 0 spiro atoms. The van der Waals surface area contributed by atoms with Gasteiger partial charge in [-0.2, -0.15) is 0 Å². The van der Waals surface area contributed by atoms with Crippen molar-refractivity contribution in [2.24, 2.45) is 5.73 Å². The Morgan fingerprint density at radius 2 is 1.61 bits per heavy atom. The third-order valence-corrected chi connectivity index (χ3v) is 7.46. The number of hydrogen-bond donors (Lipinski definition) is 1. The quantitative estimate of drug-likeness (QED) is 0.739. The molecule has 0 amide bonds. The second-order valence-electron chi connectivity index (χ2n) is 7.67. The molecule has 0 aromatic heterocycles. The first-order chi connectivity index (χ1) is 13.5. The predicted octanol–water partition coefficient (Wildman–Crippen LogP) is 2.90. The highest BCUT2D eigenvalue weighted by Gasteiger charge is 2.25. The molecule has 0 aliphatic carbocycles. The van der Waals surface area contributed by atoms with Crippen LogP contribution < -0.4 is 5.73 Å². The van der Waals surface area contributed by atoms with Crippen LogP contribution in [-0.4, -0.2) is 56.9 Å². The maximum Gasteiger partial charge on any atom is 0.242 e. The van der Waals surface area contributed by atoms with E-state index in [4.69, 9.17) is 5.73 Å². The van der Waals surface area contributed by atoms with Gasteiger partial charge in [-0.25, -0.2) is 12.7 Å². The predicted molar refractivity (Wildman–Crippen MR) is 114 cm³/mol. The molecule has 1 aliphatic rings. The molecule has 2 N–H and O–H groups in total. The van der Waals surface area contributed by atoms with E-state index in [1.54, 1.807) is 31.3 Å². The number of nitrogens with two attached hydrogens (primary N) is 1. The fourth-order valence-electron chi connectivity index (χ4n) is 3.78. The van der Waals surface area contributed by atoms with Crippen molar-refractivity contribution in [1.82, 2.24) is 9.21 Å². The van der Waals surface area contributed by atoms with Crippen LogP contribution in [0.15, 0.2) is 65.6 Å². The van der Waals surface area contributed by atoms with Gasteiger partial charge in [0.2, 0.25) is 10.0 Å². The molecule has 3 rings (SSSR count). The first-order valence-corrected chi connectivity index (χ1v) is 11.4. The molecule has 1 heterocycles. The molecule has 1 fully saturated rings. The largest absolute Gasteiger partial charge is 0.328 e. The van der Waals surface area contributed by atoms with Gasteiger partial charge >= 0.3 is 0 Å². The summed E-state index contributed by atoms with van der Waals surface area (Å²) in [5.74, 6) is 0.153. The second kappa shape index (κ2) is 9.65. The van der Waals surface area contributed by atoms with E-state index >= 15 is 0 Å². The lowest BCUT2D eigenvalue weighted by molar-refractivity contribution is 0.204. The van der Waals surface area contributed by atoms with E-state index in [-0.39, 0.29) is 5.92 Å². The number of likely N-dealkylation sites (N-methyl/N-ethyl adjacent to an activating group) is 1. The SMILES string of the molecule is CN(C[C@H](CCN1CCC(N)CC1)c1ccccc1)S(=O)(=O)c1ccccc1. The zero-order chi connectivity index (χ0) is 20.0. The summed E-state index contributed by atoms with van der Waals surface area (Å²) in [4.78, 5) is 2.79. The molecule has 152 valence electrons. The molecule has 6 heteroatoms. The van der Waals surface area contributed by atoms with Gasteiger partial charge in [-0.3, -0.25) is 0 Å². The number of benzene rings is 2. The average molecular weight is 402 g/mol. The Hall–Kier alpha value is -1.73. The fourth-order valence-corrected chi connectivity index (χ4v) is 5.02. The number of rotatable bonds is 8. The molecule has 5 nitrogen and oxygen atoms in total. The Morgan fingerprint density at radius 1 is 1.04 bits per heavy atom. The molecule has 28 heavy (non-hydrogen) atoms. The maximum absolute atomic E-state index is 12.9. The van der Waals surface area contributed by atoms with E-state index in [0.717, 1.165) is 38.9 Å². The van der Waals surface area contributed by atoms with Crippen LogP contribution in [0.1, 0.15) is 30.7 Å². The van der Waals surface area contributed by atoms with E-state index < -0.39 is 10.0 Å². The van der Waals surface area contributed by atoms with Crippen molar-refractivity contribution in [1.29, 1.82) is 0 Å². The lowest BCUT2D eigenvalue weighted by atomic mass is 9.95. The van der Waals surface area contributed by atoms with E-state index in [1.807, 2.05) is 24.3 Å². The summed E-state index contributed by atoms with van der Waals surface area (Å²) in [7, 11) is -1.81. The van der Waals surface area contributed by atoms with E-state index in [2.05, 4.69) is 17.0 Å². The van der Waals surface area contributed by atoms with Gasteiger partial charge in [0.15, 0.2) is 0 Å². The highest BCUT2D eigenvalue weighted by Crippen LogP contribution is 2.25. The Morgan fingerprint density at radius 3 is 2.21 bits per heavy atom. The van der Waals surface area contributed by atoms with Crippen molar-refractivity contribution in [2.45, 2.75) is 36.1 Å². The molecule has 2 aromatic carbocycles. The zero-order valence-electron chi connectivity index (χ0n) is 16.6. The molecule has 1 aliphatic heterocycles. The first kappa shape index (κ1) is 21.0. The van der Waals surface area contributed by atoms with E-state index in [1.165, 1.54) is 9.87 Å². The summed E-state index contributed by atoms with van der Waals surface area (Å²) >= 11 is 0. The topological polar surface area (TPSA) is 66.6 Å². The normalized spacial score (nSPS) is 17.7. The molecular weight excluding hydrogens is 370 g/mol. The first-order valence-electron chi connectivity index (χ1n) is 10.0. The summed E-state index contributed by atoms with van der Waals surface area (Å²) in [6.45, 7) is 3.49. The van der Waals surface area contributed by atoms with Gasteiger partial charge < -0.3 is 10.6 Å². The molecule has 0 saturated carbocycles. The fraction of sp³-hybridized carbons (Fsp3) is 0.455. The number of sulfonamides is 1. The van der Waals surface area contributed by atoms with Crippen LogP contribution in [0.4, 0.5) is 0 Å². The summed E-state index contributed by atoms with van der Waals surface area (Å²) in [5.41, 5.74) is 7.20. The van der Waals surface area contributed by atoms with Gasteiger partial charge in [0.1, 0.15) is 0 Å². The molecular formula is C22H31N3O2S. The average Bonchev–Trinajstić information content (AvgIpc) is 2.73. The van der Waals surface area contributed by atoms with Crippen LogP contribution >= 0.6 is 0 Å². The number of nitrogens with zero attached hydrogens (tertiary/aromatic N) is 2. The van der Waals surface area contributed by atoms with Crippen LogP contribution in [0.25, 0.3) is 0 Å². The minimum Gasteiger partial charge on any atom is -0.328 e. The Balaban J connectivity index is 1.70. The van der Waals surface area contributed by atoms with Crippen molar-refractivity contribution < 1.29 is 8.42 Å². The third-order valence-electron chi connectivity index (χ3n) is 5.63. The lowest BCUT2D eigenvalue weighted by Crippen LogP contribution is -2.40. The van der Waals surface area contributed by atoms with Crippen molar-refractivity contribution in [3.63, 3.8) is 0 Å². The minimum absolute atomic E-state index is 0.153. The van der Waals surface area contributed by atoms with Crippen molar-refractivity contribution in [3.05, 3.63) is 66.2 Å². The highest BCUT2D eigenvalue weighted by molar-refractivity contribution is 7.89. The van der Waals surface area contributed by atoms with Gasteiger partial charge in [-0.15, -0.1) is 0 Å². The van der Waals surface area contributed by atoms with Gasteiger partial charge in [0, 0.05) is 19.6 Å². The molecule has 2 aromatic rings. The summed E-state index contributed by atoms with van der Waals surface area (Å²) in [6.07, 6.45) is 3.00. The summed E-state index contributed by atoms with van der Waals surface area (Å²) in [5, 5.41) is 0. The number of hydrogen-bond acceptors (Lipinski definition) is 4. The number of likely N-dealkylation sites (tertiary alicyclic amines) is 1. The Kier molecular flexibility index (Phi) is 7.24. The number of piperidine rings is 1. The maximum atomic E-state index is 12.9. The third kappa shape index (κ3) is 5.41. The van der Waals surface area contributed by atoms with Crippen molar-refractivity contribution >= 4 is 10.0 Å². The smallest absolute Gasteiger partial charge is 0.242 e. The van der Waals surface area contributed by atoms with E-state index in [0.29, 0.717) is 17.5 Å². The van der Waals surface area contributed by atoms with Crippen molar-refractivity contribution in [2.75, 3.05) is 33.2 Å². The monoisotopic (exact) mass is 401 g/mol. The molecule has 0 bridgehead atoms. The van der Waals surface area contributed by atoms with Crippen LogP contribution in [-0.2, 0) is 10.0 Å². The second-order valence-corrected chi connectivity index (χ2v) is 9.72. The van der Waals surface area contributed by atoms with Gasteiger partial charge in [0.25, 0.3) is 0 Å². The van der Waals surface area contributed by atoms with Crippen LogP contribution in [0, 0.1) is 0 Å². The van der Waals surface area contributed by atoms with Crippen molar-refractivity contribution in [3.8, 4) is 0 Å². The molecule has 1 saturated heterocycles. The Labute approximate surface area is 169 Å². The van der Waals surface area contributed by atoms with Crippen LogP contribution in [0.5, 0.6) is 0 Å². The minimum atomic E-state index is -3.49. The highest BCUT2D eigenvalue weighted by atomic mass is 32.2. The summed E-state index contributed by atoms with van der Waals surface area (Å²) < 4.78 is 27.4. The zero-order valence-corrected chi connectivity index (χ0v) is 17.4. The summed E-state index contributed by atoms with van der Waals surface area (Å²) in [6, 6.07) is 19.2. The van der Waals surface area contributed by atoms with Crippen LogP contribution in [0.3, 0.4) is 0 Å². The molecule has 0 radical (unpaired) electrons. The van der Waals surface area contributed by atoms with Gasteiger partial charge in [-0.1, -0.05) is 48.5 Å². The molecule has 0 unspecified atom stereocenters.